The van der Waals surface area contributed by atoms with Gasteiger partial charge in [-0.3, -0.25) is 14.5 Å². The third kappa shape index (κ3) is 6.37. The van der Waals surface area contributed by atoms with Crippen molar-refractivity contribution in [3.8, 4) is 0 Å². The first-order valence-corrected chi connectivity index (χ1v) is 16.6. The van der Waals surface area contributed by atoms with E-state index in [1.54, 1.807) is 24.3 Å². The Balaban J connectivity index is 1.17. The third-order valence-corrected chi connectivity index (χ3v) is 9.83. The molecule has 6 nitrogen and oxygen atoms in total. The number of nitrogens with one attached hydrogen (secondary N) is 1. The molecule has 0 bridgehead atoms. The first-order valence-electron chi connectivity index (χ1n) is 16.6. The second-order valence-corrected chi connectivity index (χ2v) is 13.8. The van der Waals surface area contributed by atoms with Crippen molar-refractivity contribution >= 4 is 23.1 Å². The van der Waals surface area contributed by atoms with Crippen LogP contribution in [-0.4, -0.2) is 54.2 Å². The quantitative estimate of drug-likeness (QED) is 0.235. The van der Waals surface area contributed by atoms with Crippen LogP contribution in [0.4, 0.5) is 20.2 Å². The molecule has 3 aliphatic rings. The van der Waals surface area contributed by atoms with Gasteiger partial charge in [-0.1, -0.05) is 80.6 Å². The van der Waals surface area contributed by atoms with Crippen LogP contribution >= 0.6 is 0 Å². The number of benzene rings is 4. The van der Waals surface area contributed by atoms with Gasteiger partial charge >= 0.3 is 0 Å². The number of hydrogen-bond donors (Lipinski definition) is 1. The highest BCUT2D eigenvalue weighted by Crippen LogP contribution is 2.48. The largest absolute Gasteiger partial charge is 0.357 e. The van der Waals surface area contributed by atoms with Crippen LogP contribution in [-0.2, 0) is 9.59 Å². The maximum atomic E-state index is 14.3. The Hall–Kier alpha value is -4.82. The number of para-hydroxylation sites is 2. The minimum absolute atomic E-state index is 0.0156. The first kappa shape index (κ1) is 31.8. The van der Waals surface area contributed by atoms with Gasteiger partial charge in [0.1, 0.15) is 11.6 Å². The van der Waals surface area contributed by atoms with Crippen LogP contribution in [0.15, 0.2) is 114 Å². The van der Waals surface area contributed by atoms with E-state index in [0.717, 1.165) is 45.8 Å². The van der Waals surface area contributed by atoms with Crippen molar-refractivity contribution in [2.24, 2.45) is 5.41 Å². The molecule has 7 rings (SSSR count). The second-order valence-electron chi connectivity index (χ2n) is 13.8. The number of carbonyl (C=O) groups excluding carboxylic acids is 2. The zero-order valence-corrected chi connectivity index (χ0v) is 27.3. The van der Waals surface area contributed by atoms with Crippen molar-refractivity contribution in [1.82, 2.24) is 9.80 Å². The van der Waals surface area contributed by atoms with Crippen molar-refractivity contribution in [3.63, 3.8) is 0 Å². The van der Waals surface area contributed by atoms with Gasteiger partial charge in [-0.25, -0.2) is 8.78 Å². The van der Waals surface area contributed by atoms with Crippen LogP contribution in [0, 0.1) is 17.0 Å². The Morgan fingerprint density at radius 3 is 2.00 bits per heavy atom. The fraction of sp³-hybridized carbons (Fsp3) is 0.300. The van der Waals surface area contributed by atoms with Crippen molar-refractivity contribution in [1.29, 1.82) is 0 Å². The first-order chi connectivity index (χ1) is 23.2. The lowest BCUT2D eigenvalue weighted by atomic mass is 9.73. The zero-order valence-electron chi connectivity index (χ0n) is 27.3. The fourth-order valence-corrected chi connectivity index (χ4v) is 7.59. The van der Waals surface area contributed by atoms with Crippen LogP contribution in [0.5, 0.6) is 0 Å². The molecule has 0 radical (unpaired) electrons. The Kier molecular flexibility index (Phi) is 8.60. The van der Waals surface area contributed by atoms with Crippen molar-refractivity contribution in [2.75, 3.05) is 42.9 Å². The number of rotatable bonds is 6. The second kappa shape index (κ2) is 13.0. The van der Waals surface area contributed by atoms with E-state index in [4.69, 9.17) is 0 Å². The van der Waals surface area contributed by atoms with E-state index in [2.05, 4.69) is 29.0 Å². The van der Waals surface area contributed by atoms with Crippen molar-refractivity contribution in [2.45, 2.75) is 38.8 Å². The van der Waals surface area contributed by atoms with Gasteiger partial charge in [0.05, 0.1) is 30.0 Å². The van der Waals surface area contributed by atoms with Gasteiger partial charge in [-0.2, -0.15) is 0 Å². The number of anilines is 2. The molecule has 1 aliphatic carbocycles. The molecule has 1 saturated heterocycles. The predicted molar refractivity (Wildman–Crippen MR) is 184 cm³/mol. The van der Waals surface area contributed by atoms with E-state index in [0.29, 0.717) is 32.6 Å². The summed E-state index contributed by atoms with van der Waals surface area (Å²) < 4.78 is 27.7. The molecule has 1 amide bonds. The number of halogens is 2. The van der Waals surface area contributed by atoms with E-state index in [9.17, 15) is 18.4 Å². The third-order valence-electron chi connectivity index (χ3n) is 9.83. The zero-order chi connectivity index (χ0) is 33.4. The van der Waals surface area contributed by atoms with Gasteiger partial charge in [-0.05, 0) is 64.9 Å². The molecule has 1 N–H and O–H groups in total. The molecular formula is C40H40F2N4O2. The van der Waals surface area contributed by atoms with E-state index in [-0.39, 0.29) is 41.3 Å². The SMILES string of the molecule is CC1(C)CC(=O)C2=C(C1)Nc1ccccc1N(CC(=O)N1CCN(C(c3ccc(F)cc3)c3ccc(F)cc3)CC1)C2c1ccccc1. The number of allylic oxidation sites excluding steroid dienone is 1. The molecule has 1 unspecified atom stereocenters. The van der Waals surface area contributed by atoms with Gasteiger partial charge in [0.15, 0.2) is 5.78 Å². The minimum atomic E-state index is -0.424. The Bertz CT molecular complexity index is 1790. The van der Waals surface area contributed by atoms with Crippen LogP contribution in [0.2, 0.25) is 0 Å². The number of Topliss-reactive ketones (excluding diaryl/α,β-unsaturated/α-hetero) is 1. The monoisotopic (exact) mass is 646 g/mol. The topological polar surface area (TPSA) is 55.9 Å². The highest BCUT2D eigenvalue weighted by molar-refractivity contribution is 6.01. The fourth-order valence-electron chi connectivity index (χ4n) is 7.59. The molecule has 1 fully saturated rings. The maximum absolute atomic E-state index is 14.3. The molecule has 4 aromatic rings. The molecule has 8 heteroatoms. The minimum Gasteiger partial charge on any atom is -0.357 e. The predicted octanol–water partition coefficient (Wildman–Crippen LogP) is 7.52. The summed E-state index contributed by atoms with van der Waals surface area (Å²) in [4.78, 5) is 34.5. The lowest BCUT2D eigenvalue weighted by Gasteiger charge is -2.41. The number of piperazine rings is 1. The van der Waals surface area contributed by atoms with Gasteiger partial charge in [-0.15, -0.1) is 0 Å². The van der Waals surface area contributed by atoms with Crippen LogP contribution in [0.25, 0.3) is 0 Å². The molecular weight excluding hydrogens is 606 g/mol. The molecule has 2 aliphatic heterocycles. The molecule has 0 aromatic heterocycles. The lowest BCUT2D eigenvalue weighted by Crippen LogP contribution is -2.52. The summed E-state index contributed by atoms with van der Waals surface area (Å²) in [5.41, 5.74) is 6.03. The maximum Gasteiger partial charge on any atom is 0.242 e. The lowest BCUT2D eigenvalue weighted by molar-refractivity contribution is -0.131. The smallest absolute Gasteiger partial charge is 0.242 e. The van der Waals surface area contributed by atoms with Gasteiger partial charge < -0.3 is 15.1 Å². The molecule has 246 valence electrons. The van der Waals surface area contributed by atoms with Gasteiger partial charge in [0.2, 0.25) is 5.91 Å². The molecule has 48 heavy (non-hydrogen) atoms. The van der Waals surface area contributed by atoms with Crippen LogP contribution < -0.4 is 10.2 Å². The van der Waals surface area contributed by atoms with E-state index >= 15 is 0 Å². The van der Waals surface area contributed by atoms with E-state index in [1.165, 1.54) is 24.3 Å². The molecule has 4 aromatic carbocycles. The van der Waals surface area contributed by atoms with Crippen molar-refractivity contribution in [3.05, 3.63) is 143 Å². The Labute approximate surface area is 280 Å². The summed E-state index contributed by atoms with van der Waals surface area (Å²) >= 11 is 0. The highest BCUT2D eigenvalue weighted by Gasteiger charge is 2.42. The van der Waals surface area contributed by atoms with E-state index < -0.39 is 6.04 Å². The molecule has 1 atom stereocenters. The summed E-state index contributed by atoms with van der Waals surface area (Å²) in [5, 5.41) is 3.62. The van der Waals surface area contributed by atoms with E-state index in [1.807, 2.05) is 59.5 Å². The normalized spacial score (nSPS) is 19.4. The number of fused-ring (bicyclic) bond motifs is 1. The van der Waals surface area contributed by atoms with Gasteiger partial charge in [0, 0.05) is 43.9 Å². The number of ketones is 1. The summed E-state index contributed by atoms with van der Waals surface area (Å²) in [7, 11) is 0. The average molecular weight is 647 g/mol. The summed E-state index contributed by atoms with van der Waals surface area (Å²) in [6.45, 7) is 6.54. The summed E-state index contributed by atoms with van der Waals surface area (Å²) in [6.07, 6.45) is 1.18. The van der Waals surface area contributed by atoms with Crippen LogP contribution in [0.3, 0.4) is 0 Å². The number of nitrogens with zero attached hydrogens (tertiary/aromatic N) is 3. The molecule has 0 spiro atoms. The molecule has 2 heterocycles. The highest BCUT2D eigenvalue weighted by atomic mass is 19.1. The average Bonchev–Trinajstić information content (AvgIpc) is 3.21. The summed E-state index contributed by atoms with van der Waals surface area (Å²) in [6, 6.07) is 30.2. The number of amides is 1. The van der Waals surface area contributed by atoms with Crippen LogP contribution in [0.1, 0.15) is 55.5 Å². The van der Waals surface area contributed by atoms with Gasteiger partial charge in [0.25, 0.3) is 0 Å². The molecule has 0 saturated carbocycles. The number of carbonyl (C=O) groups is 2. The Morgan fingerprint density at radius 1 is 0.792 bits per heavy atom. The summed E-state index contributed by atoms with van der Waals surface area (Å²) in [5.74, 6) is -0.535. The standard InChI is InChI=1S/C40H40F2N4O2/c1-40(2)24-33-37(35(47)25-40)39(27-8-4-3-5-9-27)46(34-11-7-6-10-32(34)43-33)26-36(48)44-20-22-45(23-21-44)38(28-12-16-30(41)17-13-28)29-14-18-31(42)19-15-29/h3-19,38-39,43H,20-26H2,1-2H3. The van der Waals surface area contributed by atoms with Crippen molar-refractivity contribution < 1.29 is 18.4 Å². The Morgan fingerprint density at radius 2 is 1.38 bits per heavy atom. The number of hydrogen-bond acceptors (Lipinski definition) is 5.